The summed E-state index contributed by atoms with van der Waals surface area (Å²) in [5.41, 5.74) is 3.00. The van der Waals surface area contributed by atoms with Crippen molar-refractivity contribution in [1.82, 2.24) is 9.78 Å². The number of alkyl halides is 3. The molecule has 0 aliphatic rings. The second-order valence-corrected chi connectivity index (χ2v) is 6.52. The van der Waals surface area contributed by atoms with Gasteiger partial charge in [0, 0.05) is 17.8 Å². The van der Waals surface area contributed by atoms with Crippen LogP contribution in [0.5, 0.6) is 0 Å². The summed E-state index contributed by atoms with van der Waals surface area (Å²) in [6.07, 6.45) is -3.84. The lowest BCUT2D eigenvalue weighted by Gasteiger charge is -2.10. The highest BCUT2D eigenvalue weighted by atomic mass is 19.4. The second-order valence-electron chi connectivity index (χ2n) is 6.52. The van der Waals surface area contributed by atoms with Gasteiger partial charge in [0.15, 0.2) is 0 Å². The zero-order valence-electron chi connectivity index (χ0n) is 15.5. The number of carbonyl (C=O) groups is 1. The van der Waals surface area contributed by atoms with Crippen molar-refractivity contribution in [1.29, 1.82) is 0 Å². The number of hydrogen-bond acceptors (Lipinski definition) is 2. The molecule has 1 heterocycles. The van der Waals surface area contributed by atoms with Gasteiger partial charge in [-0.15, -0.1) is 0 Å². The molecule has 28 heavy (non-hydrogen) atoms. The molecule has 0 aliphatic heterocycles. The van der Waals surface area contributed by atoms with E-state index in [2.05, 4.69) is 10.4 Å². The number of halogens is 3. The molecule has 0 bridgehead atoms. The Labute approximate surface area is 161 Å². The minimum Gasteiger partial charge on any atom is -0.326 e. The predicted molar refractivity (Wildman–Crippen MR) is 101 cm³/mol. The van der Waals surface area contributed by atoms with Gasteiger partial charge in [-0.2, -0.15) is 18.3 Å². The highest BCUT2D eigenvalue weighted by Crippen LogP contribution is 2.30. The molecule has 1 amide bonds. The van der Waals surface area contributed by atoms with Crippen molar-refractivity contribution < 1.29 is 18.0 Å². The van der Waals surface area contributed by atoms with Crippen LogP contribution in [-0.2, 0) is 17.4 Å². The number of rotatable bonds is 5. The van der Waals surface area contributed by atoms with Crippen molar-refractivity contribution >= 4 is 11.6 Å². The zero-order valence-corrected chi connectivity index (χ0v) is 15.5. The molecule has 3 rings (SSSR count). The molecular formula is C21H20F3N3O. The molecule has 0 saturated heterocycles. The highest BCUT2D eigenvalue weighted by molar-refractivity contribution is 5.90. The fourth-order valence-corrected chi connectivity index (χ4v) is 3.09. The van der Waals surface area contributed by atoms with Crippen LogP contribution in [0, 0.1) is 13.8 Å². The van der Waals surface area contributed by atoms with E-state index < -0.39 is 11.7 Å². The van der Waals surface area contributed by atoms with E-state index in [1.54, 1.807) is 0 Å². The molecule has 0 saturated carbocycles. The van der Waals surface area contributed by atoms with Crippen LogP contribution in [0.25, 0.3) is 5.69 Å². The summed E-state index contributed by atoms with van der Waals surface area (Å²) in [6.45, 7) is 3.82. The standard InChI is InChI=1S/C21H20F3N3O/c1-14-19(15(2)27(26-14)18-9-4-3-5-10-18)11-12-20(28)25-17-8-6-7-16(13-17)21(22,23)24/h3-10,13H,11-12H2,1-2H3,(H,25,28). The van der Waals surface area contributed by atoms with Crippen molar-refractivity contribution in [2.24, 2.45) is 0 Å². The van der Waals surface area contributed by atoms with Crippen LogP contribution in [0.1, 0.15) is 28.9 Å². The first-order chi connectivity index (χ1) is 13.3. The Kier molecular flexibility index (Phi) is 5.53. The number of carbonyl (C=O) groups excluding carboxylic acids is 1. The maximum atomic E-state index is 12.8. The van der Waals surface area contributed by atoms with Gasteiger partial charge in [-0.05, 0) is 56.2 Å². The summed E-state index contributed by atoms with van der Waals surface area (Å²) in [6, 6.07) is 14.3. The Morgan fingerprint density at radius 2 is 1.79 bits per heavy atom. The minimum absolute atomic E-state index is 0.133. The van der Waals surface area contributed by atoms with Crippen molar-refractivity contribution in [2.75, 3.05) is 5.32 Å². The van der Waals surface area contributed by atoms with Gasteiger partial charge in [0.1, 0.15) is 0 Å². The Morgan fingerprint density at radius 3 is 2.46 bits per heavy atom. The number of anilines is 1. The van der Waals surface area contributed by atoms with Crippen LogP contribution < -0.4 is 5.32 Å². The molecule has 1 aromatic heterocycles. The SMILES string of the molecule is Cc1nn(-c2ccccc2)c(C)c1CCC(=O)Nc1cccc(C(F)(F)F)c1. The molecule has 146 valence electrons. The number of para-hydroxylation sites is 1. The number of benzene rings is 2. The largest absolute Gasteiger partial charge is 0.416 e. The molecule has 0 spiro atoms. The summed E-state index contributed by atoms with van der Waals surface area (Å²) in [4.78, 5) is 12.2. The third-order valence-corrected chi connectivity index (χ3v) is 4.52. The number of amides is 1. The van der Waals surface area contributed by atoms with Crippen LogP contribution in [0.4, 0.5) is 18.9 Å². The van der Waals surface area contributed by atoms with Gasteiger partial charge >= 0.3 is 6.18 Å². The van der Waals surface area contributed by atoms with Gasteiger partial charge in [0.2, 0.25) is 5.91 Å². The maximum absolute atomic E-state index is 12.8. The number of aryl methyl sites for hydroxylation is 1. The smallest absolute Gasteiger partial charge is 0.326 e. The molecular weight excluding hydrogens is 367 g/mol. The second kappa shape index (κ2) is 7.88. The van der Waals surface area contributed by atoms with Crippen LogP contribution in [0.3, 0.4) is 0 Å². The fourth-order valence-electron chi connectivity index (χ4n) is 3.09. The van der Waals surface area contributed by atoms with Gasteiger partial charge in [0.25, 0.3) is 0 Å². The monoisotopic (exact) mass is 387 g/mol. The zero-order chi connectivity index (χ0) is 20.3. The molecule has 0 fully saturated rings. The van der Waals surface area contributed by atoms with Gasteiger partial charge in [-0.3, -0.25) is 4.79 Å². The Balaban J connectivity index is 1.68. The van der Waals surface area contributed by atoms with Gasteiger partial charge in [0.05, 0.1) is 16.9 Å². The van der Waals surface area contributed by atoms with Crippen molar-refractivity contribution in [3.8, 4) is 5.69 Å². The molecule has 1 N–H and O–H groups in total. The average molecular weight is 387 g/mol. The van der Waals surface area contributed by atoms with Crippen molar-refractivity contribution in [3.05, 3.63) is 77.1 Å². The molecule has 7 heteroatoms. The van der Waals surface area contributed by atoms with Crippen LogP contribution in [0.2, 0.25) is 0 Å². The van der Waals surface area contributed by atoms with E-state index in [1.165, 1.54) is 12.1 Å². The van der Waals surface area contributed by atoms with Crippen LogP contribution >= 0.6 is 0 Å². The van der Waals surface area contributed by atoms with E-state index >= 15 is 0 Å². The van der Waals surface area contributed by atoms with E-state index in [9.17, 15) is 18.0 Å². The van der Waals surface area contributed by atoms with E-state index in [1.807, 2.05) is 48.9 Å². The summed E-state index contributed by atoms with van der Waals surface area (Å²) < 4.78 is 40.2. The summed E-state index contributed by atoms with van der Waals surface area (Å²) >= 11 is 0. The molecule has 2 aromatic carbocycles. The Morgan fingerprint density at radius 1 is 1.07 bits per heavy atom. The first-order valence-electron chi connectivity index (χ1n) is 8.83. The van der Waals surface area contributed by atoms with Gasteiger partial charge in [-0.1, -0.05) is 24.3 Å². The van der Waals surface area contributed by atoms with E-state index in [0.29, 0.717) is 6.42 Å². The third-order valence-electron chi connectivity index (χ3n) is 4.52. The van der Waals surface area contributed by atoms with E-state index in [4.69, 9.17) is 0 Å². The summed E-state index contributed by atoms with van der Waals surface area (Å²) in [5.74, 6) is -0.342. The van der Waals surface area contributed by atoms with Crippen molar-refractivity contribution in [3.63, 3.8) is 0 Å². The molecule has 0 radical (unpaired) electrons. The van der Waals surface area contributed by atoms with Crippen LogP contribution in [-0.4, -0.2) is 15.7 Å². The lowest BCUT2D eigenvalue weighted by Crippen LogP contribution is -2.14. The molecule has 0 unspecified atom stereocenters. The molecule has 0 atom stereocenters. The van der Waals surface area contributed by atoms with Crippen molar-refractivity contribution in [2.45, 2.75) is 32.9 Å². The first-order valence-corrected chi connectivity index (χ1v) is 8.83. The summed E-state index contributed by atoms with van der Waals surface area (Å²) in [5, 5.41) is 7.08. The molecule has 3 aromatic rings. The quantitative estimate of drug-likeness (QED) is 0.664. The molecule has 0 aliphatic carbocycles. The minimum atomic E-state index is -4.44. The Bertz CT molecular complexity index is 978. The van der Waals surface area contributed by atoms with Gasteiger partial charge < -0.3 is 5.32 Å². The molecule has 4 nitrogen and oxygen atoms in total. The lowest BCUT2D eigenvalue weighted by atomic mass is 10.1. The number of nitrogens with one attached hydrogen (secondary N) is 1. The fraction of sp³-hybridized carbons (Fsp3) is 0.238. The normalized spacial score (nSPS) is 11.5. The summed E-state index contributed by atoms with van der Waals surface area (Å²) in [7, 11) is 0. The van der Waals surface area contributed by atoms with Crippen LogP contribution in [0.15, 0.2) is 54.6 Å². The number of hydrogen-bond donors (Lipinski definition) is 1. The highest BCUT2D eigenvalue weighted by Gasteiger charge is 2.30. The first kappa shape index (κ1) is 19.7. The number of nitrogens with zero attached hydrogens (tertiary/aromatic N) is 2. The number of aromatic nitrogens is 2. The predicted octanol–water partition coefficient (Wildman–Crippen LogP) is 5.08. The maximum Gasteiger partial charge on any atom is 0.416 e. The van der Waals surface area contributed by atoms with E-state index in [-0.39, 0.29) is 18.0 Å². The lowest BCUT2D eigenvalue weighted by molar-refractivity contribution is -0.137. The Hall–Kier alpha value is -3.09. The average Bonchev–Trinajstić information content (AvgIpc) is 2.94. The van der Waals surface area contributed by atoms with Gasteiger partial charge in [-0.25, -0.2) is 4.68 Å². The topological polar surface area (TPSA) is 46.9 Å². The third kappa shape index (κ3) is 4.42. The van der Waals surface area contributed by atoms with E-state index in [0.717, 1.165) is 34.8 Å².